The molecule has 0 aliphatic heterocycles. The van der Waals surface area contributed by atoms with Gasteiger partial charge in [-0.25, -0.2) is 0 Å². The molecule has 4 heteroatoms. The molecule has 1 heterocycles. The molecular formula is C13H23N3O. The summed E-state index contributed by atoms with van der Waals surface area (Å²) in [5.74, 6) is 0.885. The van der Waals surface area contributed by atoms with Crippen LogP contribution in [0.2, 0.25) is 0 Å². The second kappa shape index (κ2) is 7.25. The maximum Gasteiger partial charge on any atom is 0.122 e. The predicted octanol–water partition coefficient (Wildman–Crippen LogP) is 1.44. The first-order valence-corrected chi connectivity index (χ1v) is 6.00. The number of hydrogen-bond acceptors (Lipinski definition) is 4. The minimum atomic E-state index is 0.863. The van der Waals surface area contributed by atoms with E-state index in [4.69, 9.17) is 4.74 Å². The molecule has 0 atom stereocenters. The van der Waals surface area contributed by atoms with Gasteiger partial charge in [0, 0.05) is 24.4 Å². The molecule has 4 nitrogen and oxygen atoms in total. The Kier molecular flexibility index (Phi) is 5.94. The van der Waals surface area contributed by atoms with Crippen molar-refractivity contribution in [1.82, 2.24) is 15.2 Å². The van der Waals surface area contributed by atoms with E-state index >= 15 is 0 Å². The van der Waals surface area contributed by atoms with Crippen LogP contribution in [-0.4, -0.2) is 44.2 Å². The van der Waals surface area contributed by atoms with Crippen LogP contribution in [0, 0.1) is 6.92 Å². The standard InChI is InChI=1S/C13H23N3O/c1-11-8-13(17-4)9-12(15-11)10-16(3)7-5-6-14-2/h8-9,14H,5-7,10H2,1-4H3. The lowest BCUT2D eigenvalue weighted by Crippen LogP contribution is -2.23. The van der Waals surface area contributed by atoms with Gasteiger partial charge >= 0.3 is 0 Å². The van der Waals surface area contributed by atoms with Crippen LogP contribution in [-0.2, 0) is 6.54 Å². The Morgan fingerprint density at radius 3 is 2.82 bits per heavy atom. The van der Waals surface area contributed by atoms with Crippen LogP contribution < -0.4 is 10.1 Å². The molecule has 1 aromatic heterocycles. The van der Waals surface area contributed by atoms with Crippen LogP contribution in [0.5, 0.6) is 5.75 Å². The van der Waals surface area contributed by atoms with E-state index in [2.05, 4.69) is 22.2 Å². The van der Waals surface area contributed by atoms with Crippen LogP contribution >= 0.6 is 0 Å². The smallest absolute Gasteiger partial charge is 0.122 e. The summed E-state index contributed by atoms with van der Waals surface area (Å²) >= 11 is 0. The Morgan fingerprint density at radius 2 is 2.18 bits per heavy atom. The minimum Gasteiger partial charge on any atom is -0.497 e. The van der Waals surface area contributed by atoms with Gasteiger partial charge in [-0.2, -0.15) is 0 Å². The van der Waals surface area contributed by atoms with E-state index in [-0.39, 0.29) is 0 Å². The van der Waals surface area contributed by atoms with Gasteiger partial charge < -0.3 is 15.0 Å². The molecule has 1 rings (SSSR count). The van der Waals surface area contributed by atoms with E-state index in [1.165, 1.54) is 0 Å². The zero-order chi connectivity index (χ0) is 12.7. The highest BCUT2D eigenvalue weighted by atomic mass is 16.5. The van der Waals surface area contributed by atoms with E-state index in [1.54, 1.807) is 7.11 Å². The van der Waals surface area contributed by atoms with E-state index in [0.29, 0.717) is 0 Å². The third kappa shape index (κ3) is 5.15. The molecule has 0 amide bonds. The molecule has 17 heavy (non-hydrogen) atoms. The van der Waals surface area contributed by atoms with Gasteiger partial charge in [0.05, 0.1) is 12.8 Å². The van der Waals surface area contributed by atoms with Gasteiger partial charge in [-0.3, -0.25) is 4.98 Å². The summed E-state index contributed by atoms with van der Waals surface area (Å²) in [7, 11) is 5.79. The second-order valence-corrected chi connectivity index (χ2v) is 4.33. The number of rotatable bonds is 7. The van der Waals surface area contributed by atoms with Crippen molar-refractivity contribution in [1.29, 1.82) is 0 Å². The second-order valence-electron chi connectivity index (χ2n) is 4.33. The zero-order valence-electron chi connectivity index (χ0n) is 11.3. The van der Waals surface area contributed by atoms with Crippen molar-refractivity contribution in [3.05, 3.63) is 23.5 Å². The molecule has 1 aromatic rings. The van der Waals surface area contributed by atoms with Crippen molar-refractivity contribution < 1.29 is 4.74 Å². The highest BCUT2D eigenvalue weighted by Gasteiger charge is 2.04. The summed E-state index contributed by atoms with van der Waals surface area (Å²) in [4.78, 5) is 6.79. The van der Waals surface area contributed by atoms with Crippen LogP contribution in [0.1, 0.15) is 17.8 Å². The number of pyridine rings is 1. The first-order chi connectivity index (χ1) is 8.15. The fourth-order valence-corrected chi connectivity index (χ4v) is 1.78. The van der Waals surface area contributed by atoms with Gasteiger partial charge in [-0.1, -0.05) is 0 Å². The molecule has 0 unspecified atom stereocenters. The maximum atomic E-state index is 5.25. The minimum absolute atomic E-state index is 0.863. The molecule has 0 saturated heterocycles. The van der Waals surface area contributed by atoms with Gasteiger partial charge in [0.1, 0.15) is 5.75 Å². The average molecular weight is 237 g/mol. The predicted molar refractivity (Wildman–Crippen MR) is 70.4 cm³/mol. The Labute approximate surface area is 104 Å². The molecule has 96 valence electrons. The molecule has 0 aromatic carbocycles. The van der Waals surface area contributed by atoms with Crippen molar-refractivity contribution in [2.45, 2.75) is 19.9 Å². The Bertz CT molecular complexity index is 341. The van der Waals surface area contributed by atoms with Gasteiger partial charge in [0.25, 0.3) is 0 Å². The van der Waals surface area contributed by atoms with Gasteiger partial charge in [0.15, 0.2) is 0 Å². The van der Waals surface area contributed by atoms with E-state index in [9.17, 15) is 0 Å². The topological polar surface area (TPSA) is 37.4 Å². The summed E-state index contributed by atoms with van der Waals surface area (Å²) in [6, 6.07) is 3.95. The number of nitrogens with zero attached hydrogens (tertiary/aromatic N) is 2. The quantitative estimate of drug-likeness (QED) is 0.728. The van der Waals surface area contributed by atoms with Crippen LogP contribution in [0.15, 0.2) is 12.1 Å². The lowest BCUT2D eigenvalue weighted by atomic mass is 10.2. The largest absolute Gasteiger partial charge is 0.497 e. The number of aryl methyl sites for hydroxylation is 1. The fourth-order valence-electron chi connectivity index (χ4n) is 1.78. The molecule has 0 fully saturated rings. The summed E-state index contributed by atoms with van der Waals surface area (Å²) in [6.07, 6.45) is 1.15. The van der Waals surface area contributed by atoms with Gasteiger partial charge in [-0.15, -0.1) is 0 Å². The summed E-state index contributed by atoms with van der Waals surface area (Å²) in [6.45, 7) is 4.97. The highest BCUT2D eigenvalue weighted by Crippen LogP contribution is 2.14. The molecule has 0 aliphatic carbocycles. The van der Waals surface area contributed by atoms with Gasteiger partial charge in [0.2, 0.25) is 0 Å². The monoisotopic (exact) mass is 237 g/mol. The molecular weight excluding hydrogens is 214 g/mol. The van der Waals surface area contributed by atoms with Crippen molar-refractivity contribution >= 4 is 0 Å². The van der Waals surface area contributed by atoms with Crippen molar-refractivity contribution in [3.63, 3.8) is 0 Å². The maximum absolute atomic E-state index is 5.25. The lowest BCUT2D eigenvalue weighted by molar-refractivity contribution is 0.316. The molecule has 0 saturated carbocycles. The summed E-state index contributed by atoms with van der Waals surface area (Å²) in [5.41, 5.74) is 2.07. The summed E-state index contributed by atoms with van der Waals surface area (Å²) < 4.78 is 5.25. The molecule has 0 spiro atoms. The number of ether oxygens (including phenoxy) is 1. The first kappa shape index (κ1) is 13.9. The fraction of sp³-hybridized carbons (Fsp3) is 0.615. The number of nitrogens with one attached hydrogen (secondary N) is 1. The Hall–Kier alpha value is -1.13. The molecule has 0 aliphatic rings. The van der Waals surface area contributed by atoms with Crippen LogP contribution in [0.25, 0.3) is 0 Å². The van der Waals surface area contributed by atoms with Crippen LogP contribution in [0.4, 0.5) is 0 Å². The van der Waals surface area contributed by atoms with E-state index < -0.39 is 0 Å². The van der Waals surface area contributed by atoms with E-state index in [0.717, 1.165) is 43.2 Å². The summed E-state index contributed by atoms with van der Waals surface area (Å²) in [5, 5.41) is 3.15. The van der Waals surface area contributed by atoms with Crippen LogP contribution in [0.3, 0.4) is 0 Å². The number of hydrogen-bond donors (Lipinski definition) is 1. The third-order valence-electron chi connectivity index (χ3n) is 2.61. The number of aromatic nitrogens is 1. The van der Waals surface area contributed by atoms with Crippen molar-refractivity contribution in [2.24, 2.45) is 0 Å². The Balaban J connectivity index is 2.52. The Morgan fingerprint density at radius 1 is 1.41 bits per heavy atom. The first-order valence-electron chi connectivity index (χ1n) is 6.00. The third-order valence-corrected chi connectivity index (χ3v) is 2.61. The highest BCUT2D eigenvalue weighted by molar-refractivity contribution is 5.26. The molecule has 0 bridgehead atoms. The van der Waals surface area contributed by atoms with E-state index in [1.807, 2.05) is 26.1 Å². The van der Waals surface area contributed by atoms with Gasteiger partial charge in [-0.05, 0) is 40.5 Å². The van der Waals surface area contributed by atoms with Crippen molar-refractivity contribution in [3.8, 4) is 5.75 Å². The average Bonchev–Trinajstić information content (AvgIpc) is 2.28. The molecule has 0 radical (unpaired) electrons. The normalized spacial score (nSPS) is 10.9. The SMILES string of the molecule is CNCCCN(C)Cc1cc(OC)cc(C)n1. The van der Waals surface area contributed by atoms with Crippen molar-refractivity contribution in [2.75, 3.05) is 34.3 Å². The zero-order valence-corrected chi connectivity index (χ0v) is 11.3. The molecule has 1 N–H and O–H groups in total. The number of methoxy groups -OCH3 is 1. The lowest BCUT2D eigenvalue weighted by Gasteiger charge is -2.16.